The summed E-state index contributed by atoms with van der Waals surface area (Å²) in [4.78, 5) is 13.2. The second kappa shape index (κ2) is 8.88. The quantitative estimate of drug-likeness (QED) is 0.381. The Morgan fingerprint density at radius 1 is 1.14 bits per heavy atom. The normalized spacial score (nSPS) is 17.9. The van der Waals surface area contributed by atoms with Gasteiger partial charge in [-0.2, -0.15) is 0 Å². The number of nitrogens with one attached hydrogen (secondary N) is 2. The van der Waals surface area contributed by atoms with Gasteiger partial charge in [-0.05, 0) is 68.3 Å². The summed E-state index contributed by atoms with van der Waals surface area (Å²) < 4.78 is 11.2. The number of fused-ring (bicyclic) bond motifs is 3. The number of methoxy groups -OCH3 is 1. The van der Waals surface area contributed by atoms with E-state index in [1.54, 1.807) is 18.4 Å². The molecule has 0 saturated heterocycles. The molecule has 1 atom stereocenters. The number of alkyl carbamates (subject to hydrolysis) is 1. The van der Waals surface area contributed by atoms with E-state index in [1.807, 2.05) is 38.3 Å². The van der Waals surface area contributed by atoms with Crippen molar-refractivity contribution in [2.45, 2.75) is 57.3 Å². The van der Waals surface area contributed by atoms with E-state index >= 15 is 0 Å². The maximum Gasteiger partial charge on any atom is 0.407 e. The molecule has 1 fully saturated rings. The molecule has 1 amide bonds. The van der Waals surface area contributed by atoms with E-state index in [1.165, 1.54) is 5.56 Å². The minimum absolute atomic E-state index is 0.0676. The van der Waals surface area contributed by atoms with Crippen molar-refractivity contribution in [3.05, 3.63) is 58.3 Å². The van der Waals surface area contributed by atoms with E-state index in [0.29, 0.717) is 6.54 Å². The van der Waals surface area contributed by atoms with Gasteiger partial charge in [-0.1, -0.05) is 30.7 Å². The van der Waals surface area contributed by atoms with Gasteiger partial charge in [0.15, 0.2) is 6.23 Å². The lowest BCUT2D eigenvalue weighted by Crippen LogP contribution is -2.46. The number of hydrogen-bond acceptors (Lipinski definition) is 6. The van der Waals surface area contributed by atoms with E-state index in [9.17, 15) is 9.90 Å². The van der Waals surface area contributed by atoms with Gasteiger partial charge in [0.2, 0.25) is 0 Å². The van der Waals surface area contributed by atoms with E-state index in [2.05, 4.69) is 41.0 Å². The van der Waals surface area contributed by atoms with Crippen LogP contribution < -0.4 is 15.4 Å². The summed E-state index contributed by atoms with van der Waals surface area (Å²) in [5.74, 6) is 0.789. The fourth-order valence-electron chi connectivity index (χ4n) is 5.11. The van der Waals surface area contributed by atoms with Crippen molar-refractivity contribution in [1.82, 2.24) is 5.32 Å². The number of aliphatic hydroxyl groups excluding tert-OH is 1. The molecule has 7 heteroatoms. The maximum atomic E-state index is 12.3. The first-order chi connectivity index (χ1) is 16.7. The minimum atomic E-state index is -0.711. The number of thiophene rings is 1. The smallest absolute Gasteiger partial charge is 0.407 e. The summed E-state index contributed by atoms with van der Waals surface area (Å²) in [5.41, 5.74) is 5.66. The topological polar surface area (TPSA) is 79.8 Å². The van der Waals surface area contributed by atoms with Crippen molar-refractivity contribution in [2.24, 2.45) is 0 Å². The van der Waals surface area contributed by atoms with Crippen molar-refractivity contribution in [3.8, 4) is 28.0 Å². The highest BCUT2D eigenvalue weighted by atomic mass is 32.1. The van der Waals surface area contributed by atoms with Crippen molar-refractivity contribution < 1.29 is 19.4 Å². The Morgan fingerprint density at radius 2 is 1.89 bits per heavy atom. The van der Waals surface area contributed by atoms with Gasteiger partial charge in [0.25, 0.3) is 0 Å². The number of carbonyl (C=O) groups excluding carboxylic acids is 1. The minimum Gasteiger partial charge on any atom is -0.496 e. The molecule has 184 valence electrons. The van der Waals surface area contributed by atoms with E-state index < -0.39 is 11.8 Å². The number of aliphatic hydroxyl groups is 1. The van der Waals surface area contributed by atoms with Gasteiger partial charge in [-0.3, -0.25) is 0 Å². The zero-order chi connectivity index (χ0) is 24.8. The number of ether oxygens (including phenoxy) is 2. The number of rotatable bonds is 5. The lowest BCUT2D eigenvalue weighted by atomic mass is 9.64. The van der Waals surface area contributed by atoms with Crippen LogP contribution in [0, 0.1) is 0 Å². The van der Waals surface area contributed by atoms with Gasteiger partial charge in [0, 0.05) is 34.3 Å². The zero-order valence-electron chi connectivity index (χ0n) is 20.6. The molecule has 0 spiro atoms. The average Bonchev–Trinajstić information content (AvgIpc) is 3.28. The molecule has 6 nitrogen and oxygen atoms in total. The molecule has 1 aliphatic carbocycles. The molecule has 5 rings (SSSR count). The van der Waals surface area contributed by atoms with Crippen LogP contribution >= 0.6 is 11.3 Å². The monoisotopic (exact) mass is 492 g/mol. The van der Waals surface area contributed by atoms with Gasteiger partial charge < -0.3 is 25.2 Å². The molecule has 3 N–H and O–H groups in total. The average molecular weight is 493 g/mol. The molecule has 2 aliphatic rings. The number of hydrogen-bond donors (Lipinski definition) is 3. The van der Waals surface area contributed by atoms with Gasteiger partial charge in [0.05, 0.1) is 12.0 Å². The van der Waals surface area contributed by atoms with Crippen LogP contribution in [0.5, 0.6) is 5.75 Å². The second-order valence-corrected chi connectivity index (χ2v) is 11.3. The molecule has 3 aromatic rings. The van der Waals surface area contributed by atoms with Crippen LogP contribution in [0.4, 0.5) is 10.5 Å². The molecule has 2 aromatic carbocycles. The summed E-state index contributed by atoms with van der Waals surface area (Å²) in [7, 11) is 1.69. The van der Waals surface area contributed by atoms with Crippen LogP contribution in [0.2, 0.25) is 0 Å². The lowest BCUT2D eigenvalue weighted by Gasteiger charge is -2.42. The van der Waals surface area contributed by atoms with Crippen molar-refractivity contribution in [2.75, 3.05) is 19.0 Å². The summed E-state index contributed by atoms with van der Waals surface area (Å²) in [6.45, 7) is 6.17. The first-order valence-corrected chi connectivity index (χ1v) is 12.9. The largest absolute Gasteiger partial charge is 0.496 e. The second-order valence-electron chi connectivity index (χ2n) is 10.4. The fraction of sp³-hybridized carbons (Fsp3) is 0.393. The first kappa shape index (κ1) is 23.7. The highest BCUT2D eigenvalue weighted by molar-refractivity contribution is 7.10. The van der Waals surface area contributed by atoms with E-state index in [-0.39, 0.29) is 11.5 Å². The van der Waals surface area contributed by atoms with Gasteiger partial charge >= 0.3 is 6.09 Å². The van der Waals surface area contributed by atoms with Crippen LogP contribution in [0.3, 0.4) is 0 Å². The molecule has 2 heterocycles. The van der Waals surface area contributed by atoms with Gasteiger partial charge in [-0.15, -0.1) is 11.3 Å². The number of benzene rings is 2. The molecule has 1 aliphatic heterocycles. The molecule has 1 aromatic heterocycles. The zero-order valence-corrected chi connectivity index (χ0v) is 21.4. The Bertz CT molecular complexity index is 1240. The summed E-state index contributed by atoms with van der Waals surface area (Å²) in [6.07, 6.45) is 2.13. The molecule has 0 bridgehead atoms. The van der Waals surface area contributed by atoms with Crippen LogP contribution in [0.15, 0.2) is 47.8 Å². The third-order valence-electron chi connectivity index (χ3n) is 6.96. The number of anilines is 1. The van der Waals surface area contributed by atoms with Crippen molar-refractivity contribution in [3.63, 3.8) is 0 Å². The van der Waals surface area contributed by atoms with Gasteiger partial charge in [-0.25, -0.2) is 4.79 Å². The summed E-state index contributed by atoms with van der Waals surface area (Å²) in [5, 5.41) is 18.7. The Hall–Kier alpha value is -3.03. The first-order valence-electron chi connectivity index (χ1n) is 12.0. The molecular weight excluding hydrogens is 460 g/mol. The van der Waals surface area contributed by atoms with Crippen LogP contribution in [-0.2, 0) is 10.2 Å². The lowest BCUT2D eigenvalue weighted by molar-refractivity contribution is 0.0499. The van der Waals surface area contributed by atoms with E-state index in [4.69, 9.17) is 9.47 Å². The number of amides is 1. The van der Waals surface area contributed by atoms with Crippen molar-refractivity contribution in [1.29, 1.82) is 0 Å². The molecular formula is C28H32N2O4S. The predicted octanol–water partition coefficient (Wildman–Crippen LogP) is 6.45. The predicted molar refractivity (Wildman–Crippen MR) is 140 cm³/mol. The fourth-order valence-corrected chi connectivity index (χ4v) is 5.95. The third kappa shape index (κ3) is 4.39. The highest BCUT2D eigenvalue weighted by Gasteiger charge is 2.39. The molecule has 0 radical (unpaired) electrons. The van der Waals surface area contributed by atoms with Crippen LogP contribution in [0.25, 0.3) is 22.3 Å². The Balaban J connectivity index is 1.46. The molecule has 1 saturated carbocycles. The third-order valence-corrected chi connectivity index (χ3v) is 7.93. The van der Waals surface area contributed by atoms with E-state index in [0.717, 1.165) is 57.8 Å². The maximum absolute atomic E-state index is 12.3. The number of carbonyl (C=O) groups is 1. The summed E-state index contributed by atoms with van der Waals surface area (Å²) in [6, 6.07) is 14.6. The highest BCUT2D eigenvalue weighted by Crippen LogP contribution is 2.51. The van der Waals surface area contributed by atoms with Gasteiger partial charge in [0.1, 0.15) is 11.4 Å². The van der Waals surface area contributed by atoms with Crippen LogP contribution in [0.1, 0.15) is 56.7 Å². The molecule has 35 heavy (non-hydrogen) atoms. The standard InChI is InChI=1S/C28H32N2O4S/c1-27(2,3)34-26(32)29-16-28(13-5-14-28)18-8-6-17(7-9-18)22-21(33-4)11-10-20-23(22)19-12-15-35-24(19)25(31)30-20/h6-12,15,25,30-31H,5,13-14,16H2,1-4H3,(H,29,32). The summed E-state index contributed by atoms with van der Waals surface area (Å²) >= 11 is 1.54. The SMILES string of the molecule is COc1ccc2c(c1-c1ccc(C3(CNC(=O)OC(C)(C)C)CCC3)cc1)-c1ccsc1C(O)N2. The van der Waals surface area contributed by atoms with Crippen molar-refractivity contribution >= 4 is 23.1 Å². The Morgan fingerprint density at radius 3 is 2.51 bits per heavy atom. The Kier molecular flexibility index (Phi) is 6.01. The van der Waals surface area contributed by atoms with Crippen LogP contribution in [-0.4, -0.2) is 30.5 Å². The Labute approximate surface area is 210 Å². The molecule has 1 unspecified atom stereocenters.